The van der Waals surface area contributed by atoms with Gasteiger partial charge in [0, 0.05) is 17.5 Å². The molecule has 2 N–H and O–H groups in total. The summed E-state index contributed by atoms with van der Waals surface area (Å²) < 4.78 is 0. The Morgan fingerprint density at radius 2 is 1.70 bits per heavy atom. The molecule has 4 amide bonds. The summed E-state index contributed by atoms with van der Waals surface area (Å²) in [5, 5.41) is 7.63. The Morgan fingerprint density at radius 1 is 1.00 bits per heavy atom. The van der Waals surface area contributed by atoms with Crippen LogP contribution in [0.15, 0.2) is 72.8 Å². The second kappa shape index (κ2) is 8.37. The highest BCUT2D eigenvalue weighted by Crippen LogP contribution is 2.26. The molecule has 1 aliphatic rings. The highest BCUT2D eigenvalue weighted by Gasteiger charge is 2.40. The first-order valence-corrected chi connectivity index (χ1v) is 10.0. The van der Waals surface area contributed by atoms with Gasteiger partial charge < -0.3 is 10.6 Å². The van der Waals surface area contributed by atoms with Gasteiger partial charge in [0.05, 0.1) is 6.04 Å². The van der Waals surface area contributed by atoms with E-state index in [1.807, 2.05) is 79.7 Å². The van der Waals surface area contributed by atoms with Crippen LogP contribution in [0.2, 0.25) is 0 Å². The molecule has 6 nitrogen and oxygen atoms in total. The Bertz CT molecular complexity index is 1090. The Kier molecular flexibility index (Phi) is 5.48. The molecule has 3 aromatic carbocycles. The number of hydrogen-bond donors (Lipinski definition) is 2. The lowest BCUT2D eigenvalue weighted by Gasteiger charge is -2.21. The van der Waals surface area contributed by atoms with E-state index in [9.17, 15) is 14.4 Å². The van der Waals surface area contributed by atoms with Crippen molar-refractivity contribution in [1.82, 2.24) is 10.2 Å². The van der Waals surface area contributed by atoms with Gasteiger partial charge in [0.1, 0.15) is 6.04 Å². The van der Waals surface area contributed by atoms with Gasteiger partial charge in [-0.2, -0.15) is 0 Å². The SMILES string of the molecule is C[C@H](c1ccccc1)N1C(=O)N[C@@H](CCC(=O)Nc2cccc3ccccc23)C1=O. The van der Waals surface area contributed by atoms with Crippen LogP contribution in [0.3, 0.4) is 0 Å². The molecule has 1 aliphatic heterocycles. The zero-order chi connectivity index (χ0) is 21.1. The van der Waals surface area contributed by atoms with Crippen molar-refractivity contribution in [3.63, 3.8) is 0 Å². The lowest BCUT2D eigenvalue weighted by molar-refractivity contribution is -0.129. The molecular formula is C24H23N3O3. The summed E-state index contributed by atoms with van der Waals surface area (Å²) in [7, 11) is 0. The Morgan fingerprint density at radius 3 is 2.50 bits per heavy atom. The van der Waals surface area contributed by atoms with Crippen molar-refractivity contribution in [3.05, 3.63) is 78.4 Å². The minimum Gasteiger partial charge on any atom is -0.326 e. The number of amides is 4. The van der Waals surface area contributed by atoms with Crippen LogP contribution in [0.1, 0.15) is 31.4 Å². The van der Waals surface area contributed by atoms with Gasteiger partial charge in [-0.25, -0.2) is 4.79 Å². The second-order valence-corrected chi connectivity index (χ2v) is 7.41. The van der Waals surface area contributed by atoms with Crippen LogP contribution in [-0.4, -0.2) is 28.8 Å². The van der Waals surface area contributed by atoms with Gasteiger partial charge in [-0.05, 0) is 30.4 Å². The van der Waals surface area contributed by atoms with Gasteiger partial charge in [-0.1, -0.05) is 66.7 Å². The van der Waals surface area contributed by atoms with Crippen LogP contribution >= 0.6 is 0 Å². The van der Waals surface area contributed by atoms with E-state index in [-0.39, 0.29) is 30.7 Å². The van der Waals surface area contributed by atoms with Crippen molar-refractivity contribution in [3.8, 4) is 0 Å². The van der Waals surface area contributed by atoms with E-state index in [2.05, 4.69) is 10.6 Å². The number of hydrogen-bond acceptors (Lipinski definition) is 3. The quantitative estimate of drug-likeness (QED) is 0.607. The van der Waals surface area contributed by atoms with Gasteiger partial charge >= 0.3 is 6.03 Å². The summed E-state index contributed by atoms with van der Waals surface area (Å²) in [6, 6.07) is 21.5. The largest absolute Gasteiger partial charge is 0.326 e. The minimum atomic E-state index is -0.693. The van der Waals surface area contributed by atoms with E-state index in [1.165, 1.54) is 4.90 Å². The van der Waals surface area contributed by atoms with E-state index in [0.29, 0.717) is 0 Å². The summed E-state index contributed by atoms with van der Waals surface area (Å²) in [4.78, 5) is 38.9. The fraction of sp³-hybridized carbons (Fsp3) is 0.208. The monoisotopic (exact) mass is 401 g/mol. The maximum absolute atomic E-state index is 12.8. The highest BCUT2D eigenvalue weighted by molar-refractivity contribution is 6.05. The van der Waals surface area contributed by atoms with E-state index < -0.39 is 12.1 Å². The number of urea groups is 1. The topological polar surface area (TPSA) is 78.5 Å². The first-order chi connectivity index (χ1) is 14.5. The maximum atomic E-state index is 12.8. The number of carbonyl (C=O) groups excluding carboxylic acids is 3. The highest BCUT2D eigenvalue weighted by atomic mass is 16.2. The second-order valence-electron chi connectivity index (χ2n) is 7.41. The molecule has 1 heterocycles. The molecule has 0 saturated carbocycles. The van der Waals surface area contributed by atoms with Crippen molar-refractivity contribution in [1.29, 1.82) is 0 Å². The van der Waals surface area contributed by atoms with Crippen LogP contribution in [0.5, 0.6) is 0 Å². The molecule has 0 aromatic heterocycles. The van der Waals surface area contributed by atoms with Gasteiger partial charge in [0.15, 0.2) is 0 Å². The Balaban J connectivity index is 1.38. The summed E-state index contributed by atoms with van der Waals surface area (Å²) in [6.45, 7) is 1.82. The fourth-order valence-electron chi connectivity index (χ4n) is 3.81. The van der Waals surface area contributed by atoms with E-state index in [4.69, 9.17) is 0 Å². The van der Waals surface area contributed by atoms with Crippen molar-refractivity contribution in [2.75, 3.05) is 5.32 Å². The fourth-order valence-corrected chi connectivity index (χ4v) is 3.81. The molecule has 0 spiro atoms. The number of benzene rings is 3. The van der Waals surface area contributed by atoms with Crippen LogP contribution in [0, 0.1) is 0 Å². The molecule has 3 aromatic rings. The van der Waals surface area contributed by atoms with Crippen LogP contribution in [0.4, 0.5) is 10.5 Å². The zero-order valence-electron chi connectivity index (χ0n) is 16.7. The minimum absolute atomic E-state index is 0.132. The van der Waals surface area contributed by atoms with Gasteiger partial charge in [0.2, 0.25) is 5.91 Å². The van der Waals surface area contributed by atoms with Crippen LogP contribution < -0.4 is 10.6 Å². The molecule has 1 fully saturated rings. The molecule has 0 radical (unpaired) electrons. The van der Waals surface area contributed by atoms with Crippen molar-refractivity contribution in [2.24, 2.45) is 0 Å². The van der Waals surface area contributed by atoms with Crippen LogP contribution in [-0.2, 0) is 9.59 Å². The zero-order valence-corrected chi connectivity index (χ0v) is 16.7. The summed E-state index contributed by atoms with van der Waals surface area (Å²) >= 11 is 0. The third-order valence-electron chi connectivity index (χ3n) is 5.45. The maximum Gasteiger partial charge on any atom is 0.325 e. The standard InChI is InChI=1S/C24H23N3O3/c1-16(17-8-3-2-4-9-17)27-23(29)21(26-24(27)30)14-15-22(28)25-20-13-7-11-18-10-5-6-12-19(18)20/h2-13,16,21H,14-15H2,1H3,(H,25,28)(H,26,30)/t16-,21+/m1/s1. The van der Waals surface area contributed by atoms with Crippen molar-refractivity contribution < 1.29 is 14.4 Å². The molecule has 4 rings (SSSR count). The average molecular weight is 401 g/mol. The first kappa shape index (κ1) is 19.6. The molecule has 6 heteroatoms. The number of carbonyl (C=O) groups is 3. The molecular weight excluding hydrogens is 378 g/mol. The Labute approximate surface area is 174 Å². The normalized spacial score (nSPS) is 17.1. The predicted octanol–water partition coefficient (Wildman–Crippen LogP) is 4.24. The third-order valence-corrected chi connectivity index (χ3v) is 5.45. The molecule has 0 bridgehead atoms. The lowest BCUT2D eigenvalue weighted by Crippen LogP contribution is -2.34. The van der Waals surface area contributed by atoms with Gasteiger partial charge in [0.25, 0.3) is 5.91 Å². The number of imide groups is 1. The molecule has 1 saturated heterocycles. The predicted molar refractivity (Wildman–Crippen MR) is 116 cm³/mol. The number of anilines is 1. The first-order valence-electron chi connectivity index (χ1n) is 10.0. The number of nitrogens with one attached hydrogen (secondary N) is 2. The van der Waals surface area contributed by atoms with E-state index >= 15 is 0 Å². The van der Waals surface area contributed by atoms with Gasteiger partial charge in [-0.15, -0.1) is 0 Å². The number of rotatable bonds is 6. The lowest BCUT2D eigenvalue weighted by atomic mass is 10.1. The molecule has 0 aliphatic carbocycles. The van der Waals surface area contributed by atoms with Crippen molar-refractivity contribution in [2.45, 2.75) is 31.8 Å². The summed E-state index contributed by atoms with van der Waals surface area (Å²) in [6.07, 6.45) is 0.382. The molecule has 0 unspecified atom stereocenters. The third kappa shape index (κ3) is 3.89. The molecule has 152 valence electrons. The average Bonchev–Trinajstić information content (AvgIpc) is 3.05. The van der Waals surface area contributed by atoms with E-state index in [1.54, 1.807) is 0 Å². The van der Waals surface area contributed by atoms with Gasteiger partial charge in [-0.3, -0.25) is 14.5 Å². The summed E-state index contributed by atoms with van der Waals surface area (Å²) in [5.41, 5.74) is 1.62. The smallest absolute Gasteiger partial charge is 0.325 e. The van der Waals surface area contributed by atoms with Crippen molar-refractivity contribution >= 4 is 34.3 Å². The number of nitrogens with zero attached hydrogens (tertiary/aromatic N) is 1. The van der Waals surface area contributed by atoms with E-state index in [0.717, 1.165) is 22.0 Å². The number of fused-ring (bicyclic) bond motifs is 1. The van der Waals surface area contributed by atoms with Crippen LogP contribution in [0.25, 0.3) is 10.8 Å². The Hall–Kier alpha value is -3.67. The molecule has 30 heavy (non-hydrogen) atoms. The summed E-state index contributed by atoms with van der Waals surface area (Å²) in [5.74, 6) is -0.489. The molecule has 2 atom stereocenters.